The number of rotatable bonds is 7. The second-order valence-electron chi connectivity index (χ2n) is 6.62. The number of nitrogens with zero attached hydrogens (tertiary/aromatic N) is 3. The molecule has 0 saturated carbocycles. The molecule has 3 aromatic rings. The largest absolute Gasteiger partial charge is 0.411 e. The number of hydrogen-bond donors (Lipinski definition) is 1. The number of benzene rings is 2. The Hall–Kier alpha value is -2.73. The van der Waals surface area contributed by atoms with E-state index in [1.807, 2.05) is 30.3 Å². The lowest BCUT2D eigenvalue weighted by atomic mass is 10.2. The first kappa shape index (κ1) is 21.5. The molecule has 0 unspecified atom stereocenters. The number of sulfonamides is 1. The Morgan fingerprint density at radius 2 is 1.74 bits per heavy atom. The van der Waals surface area contributed by atoms with Gasteiger partial charge >= 0.3 is 0 Å². The number of carbonyl (C=O) groups is 1. The maximum atomic E-state index is 12.6. The number of thioether (sulfide) groups is 1. The normalized spacial score (nSPS) is 15.0. The lowest BCUT2D eigenvalue weighted by Crippen LogP contribution is -2.40. The lowest BCUT2D eigenvalue weighted by molar-refractivity contribution is -0.113. The molecule has 0 spiro atoms. The van der Waals surface area contributed by atoms with Gasteiger partial charge in [-0.05, 0) is 36.4 Å². The van der Waals surface area contributed by atoms with E-state index in [2.05, 4.69) is 15.5 Å². The van der Waals surface area contributed by atoms with Crippen molar-refractivity contribution in [2.24, 2.45) is 0 Å². The van der Waals surface area contributed by atoms with Gasteiger partial charge in [-0.15, -0.1) is 10.2 Å². The van der Waals surface area contributed by atoms with E-state index in [4.69, 9.17) is 9.15 Å². The molecule has 1 amide bonds. The molecule has 1 aliphatic heterocycles. The average molecular weight is 461 g/mol. The number of nitrogens with one attached hydrogen (secondary N) is 1. The van der Waals surface area contributed by atoms with Gasteiger partial charge < -0.3 is 14.5 Å². The highest BCUT2D eigenvalue weighted by Crippen LogP contribution is 2.23. The fourth-order valence-corrected chi connectivity index (χ4v) is 4.91. The minimum absolute atomic E-state index is 0.0737. The number of hydrogen-bond acceptors (Lipinski definition) is 8. The van der Waals surface area contributed by atoms with Crippen LogP contribution in [0.1, 0.15) is 0 Å². The van der Waals surface area contributed by atoms with E-state index in [1.54, 1.807) is 12.1 Å². The molecule has 9 nitrogen and oxygen atoms in total. The summed E-state index contributed by atoms with van der Waals surface area (Å²) in [4.78, 5) is 12.4. The molecule has 0 aliphatic carbocycles. The standard InChI is InChI=1S/C20H20N4O5S2/c25-18(14-30-20-23-22-19(29-20)15-4-2-1-3-5-15)21-16-6-8-17(9-7-16)31(26,27)24-10-12-28-13-11-24/h1-9H,10-14H2,(H,21,25). The quantitative estimate of drug-likeness (QED) is 0.535. The Morgan fingerprint density at radius 3 is 2.45 bits per heavy atom. The van der Waals surface area contributed by atoms with Gasteiger partial charge in [0.25, 0.3) is 5.22 Å². The number of carbonyl (C=O) groups excluding carboxylic acids is 1. The molecule has 1 fully saturated rings. The molecule has 1 N–H and O–H groups in total. The van der Waals surface area contributed by atoms with Gasteiger partial charge in [0.1, 0.15) is 0 Å². The van der Waals surface area contributed by atoms with E-state index in [9.17, 15) is 13.2 Å². The van der Waals surface area contributed by atoms with E-state index in [-0.39, 0.29) is 16.6 Å². The third-order valence-corrected chi connectivity index (χ3v) is 7.23. The maximum absolute atomic E-state index is 12.6. The van der Waals surface area contributed by atoms with E-state index in [0.717, 1.165) is 17.3 Å². The van der Waals surface area contributed by atoms with Crippen molar-refractivity contribution in [3.8, 4) is 11.5 Å². The van der Waals surface area contributed by atoms with Gasteiger partial charge in [0.15, 0.2) is 0 Å². The van der Waals surface area contributed by atoms with Crippen molar-refractivity contribution in [1.82, 2.24) is 14.5 Å². The van der Waals surface area contributed by atoms with E-state index < -0.39 is 10.0 Å². The van der Waals surface area contributed by atoms with Crippen LogP contribution >= 0.6 is 11.8 Å². The summed E-state index contributed by atoms with van der Waals surface area (Å²) in [6.45, 7) is 1.44. The minimum atomic E-state index is -3.57. The molecule has 11 heteroatoms. The van der Waals surface area contributed by atoms with Gasteiger partial charge in [-0.3, -0.25) is 4.79 Å². The first-order valence-electron chi connectivity index (χ1n) is 9.52. The fourth-order valence-electron chi connectivity index (χ4n) is 2.94. The average Bonchev–Trinajstić information content (AvgIpc) is 3.28. The lowest BCUT2D eigenvalue weighted by Gasteiger charge is -2.26. The zero-order chi connectivity index (χ0) is 21.7. The number of amides is 1. The summed E-state index contributed by atoms with van der Waals surface area (Å²) < 4.78 is 37.4. The maximum Gasteiger partial charge on any atom is 0.277 e. The van der Waals surface area contributed by atoms with Crippen molar-refractivity contribution in [1.29, 1.82) is 0 Å². The Balaban J connectivity index is 1.31. The molecule has 2 aromatic carbocycles. The molecule has 0 bridgehead atoms. The number of ether oxygens (including phenoxy) is 1. The molecule has 4 rings (SSSR count). The molecular weight excluding hydrogens is 440 g/mol. The van der Waals surface area contributed by atoms with Gasteiger partial charge in [-0.2, -0.15) is 4.31 Å². The molecule has 0 radical (unpaired) electrons. The van der Waals surface area contributed by atoms with Gasteiger partial charge in [-0.25, -0.2) is 8.42 Å². The van der Waals surface area contributed by atoms with E-state index in [1.165, 1.54) is 16.4 Å². The number of aromatic nitrogens is 2. The Morgan fingerprint density at radius 1 is 1.03 bits per heavy atom. The van der Waals surface area contributed by atoms with E-state index in [0.29, 0.717) is 43.1 Å². The highest BCUT2D eigenvalue weighted by Gasteiger charge is 2.26. The summed E-state index contributed by atoms with van der Waals surface area (Å²) >= 11 is 1.12. The van der Waals surface area contributed by atoms with Crippen LogP contribution < -0.4 is 5.32 Å². The first-order valence-corrected chi connectivity index (χ1v) is 11.9. The van der Waals surface area contributed by atoms with Crippen LogP contribution in [0.15, 0.2) is 69.1 Å². The van der Waals surface area contributed by atoms with Crippen LogP contribution in [0.4, 0.5) is 5.69 Å². The molecule has 0 atom stereocenters. The highest BCUT2D eigenvalue weighted by molar-refractivity contribution is 7.99. The molecule has 31 heavy (non-hydrogen) atoms. The SMILES string of the molecule is O=C(CSc1nnc(-c2ccccc2)o1)Nc1ccc(S(=O)(=O)N2CCOCC2)cc1. The van der Waals surface area contributed by atoms with Crippen LogP contribution in [-0.4, -0.2) is 60.9 Å². The molecule has 1 aliphatic rings. The summed E-state index contributed by atoms with van der Waals surface area (Å²) in [5, 5.41) is 10.9. The van der Waals surface area contributed by atoms with Crippen molar-refractivity contribution in [2.45, 2.75) is 10.1 Å². The zero-order valence-electron chi connectivity index (χ0n) is 16.4. The Labute approximate surface area is 183 Å². The second-order valence-corrected chi connectivity index (χ2v) is 9.48. The van der Waals surface area contributed by atoms with Crippen LogP contribution in [-0.2, 0) is 19.6 Å². The Kier molecular flexibility index (Phi) is 6.66. The summed E-state index contributed by atoms with van der Waals surface area (Å²) in [5.41, 5.74) is 1.31. The van der Waals surface area contributed by atoms with Gasteiger partial charge in [-0.1, -0.05) is 30.0 Å². The molecule has 162 valence electrons. The first-order chi connectivity index (χ1) is 15.0. The summed E-state index contributed by atoms with van der Waals surface area (Å²) in [6.07, 6.45) is 0. The summed E-state index contributed by atoms with van der Waals surface area (Å²) in [5.74, 6) is 0.193. The predicted octanol–water partition coefficient (Wildman–Crippen LogP) is 2.49. The monoisotopic (exact) mass is 460 g/mol. The molecule has 1 aromatic heterocycles. The van der Waals surface area contributed by atoms with Crippen LogP contribution in [0.3, 0.4) is 0 Å². The number of anilines is 1. The topological polar surface area (TPSA) is 115 Å². The van der Waals surface area contributed by atoms with Crippen molar-refractivity contribution in [3.63, 3.8) is 0 Å². The van der Waals surface area contributed by atoms with Gasteiger partial charge in [0.05, 0.1) is 23.9 Å². The molecule has 2 heterocycles. The van der Waals surface area contributed by atoms with Crippen molar-refractivity contribution in [2.75, 3.05) is 37.4 Å². The van der Waals surface area contributed by atoms with Crippen molar-refractivity contribution < 1.29 is 22.4 Å². The summed E-state index contributed by atoms with van der Waals surface area (Å²) in [7, 11) is -3.57. The predicted molar refractivity (Wildman–Crippen MR) is 115 cm³/mol. The highest BCUT2D eigenvalue weighted by atomic mass is 32.2. The Bertz CT molecular complexity index is 1130. The number of morpholine rings is 1. The fraction of sp³-hybridized carbons (Fsp3) is 0.250. The van der Waals surface area contributed by atoms with Gasteiger partial charge in [0, 0.05) is 24.3 Å². The second kappa shape index (κ2) is 9.60. The minimum Gasteiger partial charge on any atom is -0.411 e. The molecular formula is C20H20N4O5S2. The van der Waals surface area contributed by atoms with Crippen molar-refractivity contribution in [3.05, 3.63) is 54.6 Å². The zero-order valence-corrected chi connectivity index (χ0v) is 18.1. The van der Waals surface area contributed by atoms with Crippen LogP contribution in [0.2, 0.25) is 0 Å². The van der Waals surface area contributed by atoms with Crippen LogP contribution in [0.25, 0.3) is 11.5 Å². The third-order valence-electron chi connectivity index (χ3n) is 4.50. The smallest absolute Gasteiger partial charge is 0.277 e. The van der Waals surface area contributed by atoms with Crippen LogP contribution in [0, 0.1) is 0 Å². The van der Waals surface area contributed by atoms with E-state index >= 15 is 0 Å². The van der Waals surface area contributed by atoms with Gasteiger partial charge in [0.2, 0.25) is 21.8 Å². The third kappa shape index (κ3) is 5.31. The summed E-state index contributed by atoms with van der Waals surface area (Å²) in [6, 6.07) is 15.5. The molecule has 1 saturated heterocycles. The van der Waals surface area contributed by atoms with Crippen LogP contribution in [0.5, 0.6) is 0 Å². The van der Waals surface area contributed by atoms with Crippen molar-refractivity contribution >= 4 is 33.4 Å².